The maximum atomic E-state index is 12.6. The molecule has 38 heavy (non-hydrogen) atoms. The van der Waals surface area contributed by atoms with Crippen molar-refractivity contribution in [3.8, 4) is 0 Å². The van der Waals surface area contributed by atoms with Gasteiger partial charge in [0.25, 0.3) is 0 Å². The first-order valence-corrected chi connectivity index (χ1v) is 16.6. The zero-order chi connectivity index (χ0) is 26.3. The third-order valence-corrected chi connectivity index (χ3v) is 13.1. The van der Waals surface area contributed by atoms with Crippen LogP contribution in [0.3, 0.4) is 0 Å². The van der Waals surface area contributed by atoms with Crippen molar-refractivity contribution in [3.63, 3.8) is 0 Å². The molecule has 0 bridgehead atoms. The van der Waals surface area contributed by atoms with Crippen LogP contribution in [0.5, 0.6) is 0 Å². The van der Waals surface area contributed by atoms with Gasteiger partial charge in [0.05, 0.1) is 0 Å². The fourth-order valence-corrected chi connectivity index (χ4v) is 11.4. The van der Waals surface area contributed by atoms with Crippen LogP contribution in [0.2, 0.25) is 0 Å². The monoisotopic (exact) mass is 548 g/mol. The Morgan fingerprint density at radius 3 is 1.21 bits per heavy atom. The van der Waals surface area contributed by atoms with Gasteiger partial charge in [0.15, 0.2) is 8.46 Å². The molecule has 0 heterocycles. The Morgan fingerprint density at radius 1 is 0.474 bits per heavy atom. The smallest absolute Gasteiger partial charge is 0.192 e. The lowest BCUT2D eigenvalue weighted by atomic mass is 10.0. The quantitative estimate of drug-likeness (QED) is 0.171. The van der Waals surface area contributed by atoms with Crippen LogP contribution >= 0.6 is 24.3 Å². The summed E-state index contributed by atoms with van der Waals surface area (Å²) in [6.07, 6.45) is 0. The van der Waals surface area contributed by atoms with Crippen molar-refractivity contribution in [1.29, 1.82) is 0 Å². The molecule has 0 radical (unpaired) electrons. The molecular weight excluding hydrogens is 517 g/mol. The molecule has 0 aliphatic heterocycles. The van der Waals surface area contributed by atoms with Gasteiger partial charge in [0.2, 0.25) is 0 Å². The molecule has 188 valence electrons. The van der Waals surface area contributed by atoms with Crippen LogP contribution in [-0.4, -0.2) is 0 Å². The summed E-state index contributed by atoms with van der Waals surface area (Å²) in [5, 5.41) is 6.30. The lowest BCUT2D eigenvalue weighted by molar-refractivity contribution is 0.603. The van der Waals surface area contributed by atoms with E-state index in [1.807, 2.05) is 6.07 Å². The average Bonchev–Trinajstić information content (AvgIpc) is 2.99. The molecular formula is C34H31OP3. The molecule has 0 fully saturated rings. The molecule has 2 atom stereocenters. The van der Waals surface area contributed by atoms with Crippen molar-refractivity contribution in [2.24, 2.45) is 0 Å². The molecule has 5 aromatic carbocycles. The largest absolute Gasteiger partial charge is 0.269 e. The fourth-order valence-electron chi connectivity index (χ4n) is 5.28. The van der Waals surface area contributed by atoms with Crippen LogP contribution in [-0.2, 0) is 4.57 Å². The highest BCUT2D eigenvalue weighted by Crippen LogP contribution is 2.55. The van der Waals surface area contributed by atoms with Crippen molar-refractivity contribution in [1.82, 2.24) is 0 Å². The zero-order valence-electron chi connectivity index (χ0n) is 21.7. The third-order valence-electron chi connectivity index (χ3n) is 7.00. The van der Waals surface area contributed by atoms with Crippen LogP contribution < -0.4 is 26.5 Å². The predicted molar refractivity (Wildman–Crippen MR) is 169 cm³/mol. The Hall–Kier alpha value is -2.94. The Bertz CT molecular complexity index is 1380. The molecule has 0 aliphatic rings. The second kappa shape index (κ2) is 12.7. The van der Waals surface area contributed by atoms with Gasteiger partial charge in [-0.1, -0.05) is 147 Å². The minimum Gasteiger partial charge on any atom is -0.269 e. The predicted octanol–water partition coefficient (Wildman–Crippen LogP) is 7.99. The first-order valence-electron chi connectivity index (χ1n) is 12.9. The Balaban J connectivity index is 1.68. The van der Waals surface area contributed by atoms with Gasteiger partial charge in [-0.25, -0.2) is 0 Å². The summed E-state index contributed by atoms with van der Waals surface area (Å²) in [6, 6.07) is 49.8. The summed E-state index contributed by atoms with van der Waals surface area (Å²) in [6.45, 7) is 4.69. The Kier molecular flexibility index (Phi) is 8.94. The molecule has 0 spiro atoms. The molecule has 0 amide bonds. The molecule has 0 N–H and O–H groups in total. The van der Waals surface area contributed by atoms with Crippen molar-refractivity contribution >= 4 is 50.8 Å². The lowest BCUT2D eigenvalue weighted by Gasteiger charge is -2.33. The van der Waals surface area contributed by atoms with Crippen molar-refractivity contribution in [2.75, 3.05) is 0 Å². The summed E-state index contributed by atoms with van der Waals surface area (Å²) in [4.78, 5) is 0. The summed E-state index contributed by atoms with van der Waals surface area (Å²) in [5.74, 6) is 0. The third kappa shape index (κ3) is 5.72. The number of rotatable bonds is 9. The fraction of sp³-hybridized carbons (Fsp3) is 0.118. The van der Waals surface area contributed by atoms with Gasteiger partial charge in [0.1, 0.15) is 0 Å². The average molecular weight is 549 g/mol. The van der Waals surface area contributed by atoms with Crippen LogP contribution in [0, 0.1) is 0 Å². The van der Waals surface area contributed by atoms with Gasteiger partial charge in [-0.3, -0.25) is 4.57 Å². The SMILES string of the molecule is CC(c1cccc(P=O)c1C(C)P(c1ccccc1)c1ccccc1)P(c1ccccc1)c1ccccc1. The van der Waals surface area contributed by atoms with Gasteiger partial charge >= 0.3 is 0 Å². The van der Waals surface area contributed by atoms with E-state index in [1.54, 1.807) is 0 Å². The van der Waals surface area contributed by atoms with Crippen LogP contribution in [0.4, 0.5) is 0 Å². The molecule has 2 unspecified atom stereocenters. The second-order valence-corrected chi connectivity index (χ2v) is 15.1. The first-order chi connectivity index (χ1) is 18.7. The number of hydrogen-bond acceptors (Lipinski definition) is 1. The van der Waals surface area contributed by atoms with E-state index in [1.165, 1.54) is 32.3 Å². The normalized spacial score (nSPS) is 13.1. The minimum absolute atomic E-state index is 0.0735. The van der Waals surface area contributed by atoms with E-state index in [2.05, 4.69) is 147 Å². The Morgan fingerprint density at radius 2 is 0.842 bits per heavy atom. The van der Waals surface area contributed by atoms with Crippen LogP contribution in [0.15, 0.2) is 140 Å². The van der Waals surface area contributed by atoms with Crippen molar-refractivity contribution in [2.45, 2.75) is 25.2 Å². The Labute approximate surface area is 230 Å². The molecule has 0 aliphatic carbocycles. The van der Waals surface area contributed by atoms with Crippen LogP contribution in [0.1, 0.15) is 36.3 Å². The summed E-state index contributed by atoms with van der Waals surface area (Å²) in [5.41, 5.74) is 2.97. The van der Waals surface area contributed by atoms with E-state index >= 15 is 0 Å². The second-order valence-electron chi connectivity index (χ2n) is 9.31. The molecule has 5 rings (SSSR count). The van der Waals surface area contributed by atoms with Crippen molar-refractivity contribution in [3.05, 3.63) is 151 Å². The maximum absolute atomic E-state index is 12.6. The molecule has 4 heteroatoms. The molecule has 5 aromatic rings. The highest BCUT2D eigenvalue weighted by molar-refractivity contribution is 7.73. The molecule has 1 nitrogen and oxygen atoms in total. The van der Waals surface area contributed by atoms with Gasteiger partial charge in [-0.05, 0) is 54.3 Å². The first kappa shape index (κ1) is 26.7. The minimum atomic E-state index is -0.715. The highest BCUT2D eigenvalue weighted by atomic mass is 31.1. The van der Waals surface area contributed by atoms with Crippen molar-refractivity contribution < 1.29 is 4.57 Å². The van der Waals surface area contributed by atoms with Gasteiger partial charge in [-0.2, -0.15) is 0 Å². The summed E-state index contributed by atoms with van der Waals surface area (Å²) < 4.78 is 12.6. The maximum Gasteiger partial charge on any atom is 0.192 e. The zero-order valence-corrected chi connectivity index (χ0v) is 24.4. The topological polar surface area (TPSA) is 17.1 Å². The standard InChI is InChI=1S/C34H31OP3/c1-26(37(28-16-7-3-8-17-28)29-18-9-4-10-19-29)32-24-15-25-33(36-35)34(32)27(2)38(30-20-11-5-12-21-30)31-22-13-6-14-23-31/h3-27H,1-2H3. The van der Waals surface area contributed by atoms with E-state index in [0.717, 1.165) is 5.30 Å². The lowest BCUT2D eigenvalue weighted by Crippen LogP contribution is -2.22. The van der Waals surface area contributed by atoms with E-state index in [-0.39, 0.29) is 19.8 Å². The van der Waals surface area contributed by atoms with Crippen LogP contribution in [0.25, 0.3) is 0 Å². The molecule has 0 aromatic heterocycles. The summed E-state index contributed by atoms with van der Waals surface area (Å²) >= 11 is 0. The summed E-state index contributed by atoms with van der Waals surface area (Å²) in [7, 11) is -1.31. The van der Waals surface area contributed by atoms with E-state index in [9.17, 15) is 4.57 Å². The van der Waals surface area contributed by atoms with Gasteiger partial charge < -0.3 is 0 Å². The number of benzene rings is 5. The highest BCUT2D eigenvalue weighted by Gasteiger charge is 2.31. The van der Waals surface area contributed by atoms with E-state index in [0.29, 0.717) is 0 Å². The number of hydrogen-bond donors (Lipinski definition) is 0. The van der Waals surface area contributed by atoms with Gasteiger partial charge in [-0.15, -0.1) is 0 Å². The molecule has 0 saturated heterocycles. The van der Waals surface area contributed by atoms with Gasteiger partial charge in [0, 0.05) is 16.6 Å². The van der Waals surface area contributed by atoms with E-state index < -0.39 is 15.8 Å². The van der Waals surface area contributed by atoms with E-state index in [4.69, 9.17) is 0 Å². The molecule has 0 saturated carbocycles.